The van der Waals surface area contributed by atoms with Crippen molar-refractivity contribution in [2.24, 2.45) is 0 Å². The summed E-state index contributed by atoms with van der Waals surface area (Å²) in [7, 11) is 0. The summed E-state index contributed by atoms with van der Waals surface area (Å²) in [5.74, 6) is -0.0415. The minimum Gasteiger partial charge on any atom is -0.435 e. The first-order valence-corrected chi connectivity index (χ1v) is 5.85. The molecule has 0 aliphatic rings. The number of hydrogen-bond donors (Lipinski definition) is 0. The van der Waals surface area contributed by atoms with Crippen molar-refractivity contribution in [2.75, 3.05) is 0 Å². The standard InChI is InChI=1S/C13H7BrFNO/c14-9-5-3-7-11-12(9)17-13(16-11)8-4-1-2-6-10(8)15/h1-7H. The van der Waals surface area contributed by atoms with Crippen LogP contribution < -0.4 is 0 Å². The molecule has 1 heterocycles. The highest BCUT2D eigenvalue weighted by atomic mass is 79.9. The first kappa shape index (κ1) is 10.5. The fourth-order valence-electron chi connectivity index (χ4n) is 1.67. The Morgan fingerprint density at radius 3 is 2.65 bits per heavy atom. The minimum atomic E-state index is -0.338. The van der Waals surface area contributed by atoms with Gasteiger partial charge in [0.15, 0.2) is 5.58 Å². The summed E-state index contributed by atoms with van der Waals surface area (Å²) in [6.45, 7) is 0. The molecule has 0 saturated carbocycles. The molecule has 0 saturated heterocycles. The summed E-state index contributed by atoms with van der Waals surface area (Å²) in [5.41, 5.74) is 1.71. The van der Waals surface area contributed by atoms with E-state index in [0.29, 0.717) is 22.6 Å². The van der Waals surface area contributed by atoms with Crippen LogP contribution in [-0.2, 0) is 0 Å². The fraction of sp³-hybridized carbons (Fsp3) is 0. The molecule has 0 bridgehead atoms. The topological polar surface area (TPSA) is 26.0 Å². The molecule has 17 heavy (non-hydrogen) atoms. The zero-order valence-corrected chi connectivity index (χ0v) is 10.2. The van der Waals surface area contributed by atoms with Crippen molar-refractivity contribution in [3.8, 4) is 11.5 Å². The fourth-order valence-corrected chi connectivity index (χ4v) is 2.10. The van der Waals surface area contributed by atoms with Crippen molar-refractivity contribution in [3.63, 3.8) is 0 Å². The first-order chi connectivity index (χ1) is 8.25. The number of halogens is 2. The van der Waals surface area contributed by atoms with Gasteiger partial charge in [0.25, 0.3) is 0 Å². The Morgan fingerprint density at radius 1 is 1.06 bits per heavy atom. The van der Waals surface area contributed by atoms with Gasteiger partial charge in [-0.15, -0.1) is 0 Å². The lowest BCUT2D eigenvalue weighted by Crippen LogP contribution is -1.82. The molecule has 4 heteroatoms. The predicted octanol–water partition coefficient (Wildman–Crippen LogP) is 4.40. The van der Waals surface area contributed by atoms with Crippen LogP contribution in [0.25, 0.3) is 22.6 Å². The van der Waals surface area contributed by atoms with E-state index in [0.717, 1.165) is 4.47 Å². The SMILES string of the molecule is Fc1ccccc1-c1nc2cccc(Br)c2o1. The van der Waals surface area contributed by atoms with E-state index >= 15 is 0 Å². The lowest BCUT2D eigenvalue weighted by atomic mass is 10.2. The molecule has 2 aromatic carbocycles. The number of rotatable bonds is 1. The van der Waals surface area contributed by atoms with Gasteiger partial charge >= 0.3 is 0 Å². The second-order valence-electron chi connectivity index (χ2n) is 3.59. The summed E-state index contributed by atoms with van der Waals surface area (Å²) < 4.78 is 20.0. The average molecular weight is 292 g/mol. The van der Waals surface area contributed by atoms with E-state index in [1.165, 1.54) is 6.07 Å². The van der Waals surface area contributed by atoms with Gasteiger partial charge in [-0.05, 0) is 40.2 Å². The molecule has 0 fully saturated rings. The average Bonchev–Trinajstić information content (AvgIpc) is 2.75. The van der Waals surface area contributed by atoms with Crippen LogP contribution in [0.1, 0.15) is 0 Å². The van der Waals surface area contributed by atoms with E-state index in [2.05, 4.69) is 20.9 Å². The van der Waals surface area contributed by atoms with Gasteiger partial charge < -0.3 is 4.42 Å². The second-order valence-corrected chi connectivity index (χ2v) is 4.44. The maximum absolute atomic E-state index is 13.6. The van der Waals surface area contributed by atoms with Gasteiger partial charge in [-0.3, -0.25) is 0 Å². The quantitative estimate of drug-likeness (QED) is 0.664. The van der Waals surface area contributed by atoms with Crippen LogP contribution in [0, 0.1) is 5.82 Å². The summed E-state index contributed by atoms with van der Waals surface area (Å²) in [6, 6.07) is 12.0. The molecule has 0 N–H and O–H groups in total. The number of hydrogen-bond acceptors (Lipinski definition) is 2. The number of nitrogens with zero attached hydrogens (tertiary/aromatic N) is 1. The van der Waals surface area contributed by atoms with E-state index in [4.69, 9.17) is 4.42 Å². The van der Waals surface area contributed by atoms with Crippen LogP contribution in [0.5, 0.6) is 0 Å². The molecule has 0 radical (unpaired) electrons. The van der Waals surface area contributed by atoms with Crippen molar-refractivity contribution >= 4 is 27.0 Å². The van der Waals surface area contributed by atoms with Gasteiger partial charge in [-0.25, -0.2) is 9.37 Å². The number of aromatic nitrogens is 1. The number of oxazole rings is 1. The molecule has 3 aromatic rings. The monoisotopic (exact) mass is 291 g/mol. The minimum absolute atomic E-state index is 0.296. The van der Waals surface area contributed by atoms with Gasteiger partial charge in [0.05, 0.1) is 10.0 Å². The van der Waals surface area contributed by atoms with Crippen molar-refractivity contribution in [1.82, 2.24) is 4.98 Å². The molecule has 0 unspecified atom stereocenters. The third-order valence-electron chi connectivity index (χ3n) is 2.47. The molecule has 3 rings (SSSR count). The lowest BCUT2D eigenvalue weighted by Gasteiger charge is -1.95. The third kappa shape index (κ3) is 1.74. The number of para-hydroxylation sites is 1. The Kier molecular flexibility index (Phi) is 2.44. The molecule has 2 nitrogen and oxygen atoms in total. The molecular formula is C13H7BrFNO. The van der Waals surface area contributed by atoms with Crippen LogP contribution >= 0.6 is 15.9 Å². The van der Waals surface area contributed by atoms with Crippen molar-refractivity contribution < 1.29 is 8.81 Å². The van der Waals surface area contributed by atoms with Crippen molar-refractivity contribution in [2.45, 2.75) is 0 Å². The summed E-state index contributed by atoms with van der Waals surface area (Å²) in [6.07, 6.45) is 0. The first-order valence-electron chi connectivity index (χ1n) is 5.05. The van der Waals surface area contributed by atoms with Gasteiger partial charge in [-0.1, -0.05) is 18.2 Å². The van der Waals surface area contributed by atoms with Crippen molar-refractivity contribution in [3.05, 3.63) is 52.8 Å². The summed E-state index contributed by atoms with van der Waals surface area (Å²) in [5, 5.41) is 0. The van der Waals surface area contributed by atoms with E-state index < -0.39 is 0 Å². The van der Waals surface area contributed by atoms with Crippen molar-refractivity contribution in [1.29, 1.82) is 0 Å². The highest BCUT2D eigenvalue weighted by molar-refractivity contribution is 9.10. The second kappa shape index (κ2) is 3.96. The third-order valence-corrected chi connectivity index (χ3v) is 3.10. The maximum Gasteiger partial charge on any atom is 0.230 e. The number of benzene rings is 2. The summed E-state index contributed by atoms with van der Waals surface area (Å²) in [4.78, 5) is 4.27. The largest absolute Gasteiger partial charge is 0.435 e. The van der Waals surface area contributed by atoms with E-state index in [9.17, 15) is 4.39 Å². The molecular weight excluding hydrogens is 285 g/mol. The van der Waals surface area contributed by atoms with Crippen LogP contribution in [0.4, 0.5) is 4.39 Å². The van der Waals surface area contributed by atoms with Gasteiger partial charge in [0.1, 0.15) is 11.3 Å². The molecule has 0 aliphatic heterocycles. The predicted molar refractivity (Wildman–Crippen MR) is 67.1 cm³/mol. The highest BCUT2D eigenvalue weighted by Gasteiger charge is 2.13. The van der Waals surface area contributed by atoms with Crippen LogP contribution in [0.15, 0.2) is 51.4 Å². The Labute approximate surface area is 105 Å². The number of fused-ring (bicyclic) bond motifs is 1. The Morgan fingerprint density at radius 2 is 1.88 bits per heavy atom. The molecule has 0 aliphatic carbocycles. The zero-order chi connectivity index (χ0) is 11.8. The highest BCUT2D eigenvalue weighted by Crippen LogP contribution is 2.30. The molecule has 0 spiro atoms. The Balaban J connectivity index is 2.26. The van der Waals surface area contributed by atoms with E-state index in [1.54, 1.807) is 18.2 Å². The zero-order valence-electron chi connectivity index (χ0n) is 8.65. The molecule has 84 valence electrons. The Bertz CT molecular complexity index is 693. The normalized spacial score (nSPS) is 10.9. The molecule has 1 aromatic heterocycles. The van der Waals surface area contributed by atoms with Crippen LogP contribution in [0.3, 0.4) is 0 Å². The molecule has 0 atom stereocenters. The van der Waals surface area contributed by atoms with Crippen LogP contribution in [0.2, 0.25) is 0 Å². The van der Waals surface area contributed by atoms with E-state index in [1.807, 2.05) is 18.2 Å². The maximum atomic E-state index is 13.6. The van der Waals surface area contributed by atoms with E-state index in [-0.39, 0.29) is 5.82 Å². The van der Waals surface area contributed by atoms with Gasteiger partial charge in [0, 0.05) is 0 Å². The lowest BCUT2D eigenvalue weighted by molar-refractivity contribution is 0.592. The van der Waals surface area contributed by atoms with Gasteiger partial charge in [0.2, 0.25) is 5.89 Å². The Hall–Kier alpha value is -1.68. The van der Waals surface area contributed by atoms with Crippen LogP contribution in [-0.4, -0.2) is 4.98 Å². The van der Waals surface area contributed by atoms with Gasteiger partial charge in [-0.2, -0.15) is 0 Å². The molecule has 0 amide bonds. The summed E-state index contributed by atoms with van der Waals surface area (Å²) >= 11 is 3.37. The smallest absolute Gasteiger partial charge is 0.230 e.